The predicted octanol–water partition coefficient (Wildman–Crippen LogP) is 5.23. The lowest BCUT2D eigenvalue weighted by molar-refractivity contribution is 0.0472. The molecule has 2 aromatic carbocycles. The van der Waals surface area contributed by atoms with Crippen molar-refractivity contribution in [2.24, 2.45) is 5.92 Å². The van der Waals surface area contributed by atoms with Gasteiger partial charge in [0.1, 0.15) is 12.4 Å². The van der Waals surface area contributed by atoms with Gasteiger partial charge in [-0.2, -0.15) is 0 Å². The summed E-state index contributed by atoms with van der Waals surface area (Å²) in [6, 6.07) is 14.9. The van der Waals surface area contributed by atoms with Crippen LogP contribution in [0.25, 0.3) is 0 Å². The third-order valence-corrected chi connectivity index (χ3v) is 3.95. The third-order valence-electron chi connectivity index (χ3n) is 3.33. The van der Waals surface area contributed by atoms with E-state index in [9.17, 15) is 4.79 Å². The molecule has 0 spiro atoms. The molecule has 122 valence electrons. The molecule has 2 rings (SSSR count). The summed E-state index contributed by atoms with van der Waals surface area (Å²) in [5, 5.41) is 0. The molecule has 3 nitrogen and oxygen atoms in total. The summed E-state index contributed by atoms with van der Waals surface area (Å²) in [6.07, 6.45) is 0.993. The maximum atomic E-state index is 12.1. The van der Waals surface area contributed by atoms with Crippen LogP contribution in [0.2, 0.25) is 0 Å². The van der Waals surface area contributed by atoms with Crippen LogP contribution in [0, 0.1) is 5.92 Å². The number of esters is 1. The Hall–Kier alpha value is -1.81. The number of rotatable bonds is 7. The van der Waals surface area contributed by atoms with Crippen LogP contribution in [0.3, 0.4) is 0 Å². The fourth-order valence-electron chi connectivity index (χ4n) is 1.96. The normalized spacial score (nSPS) is 10.6. The zero-order chi connectivity index (χ0) is 16.7. The van der Waals surface area contributed by atoms with Crippen LogP contribution in [-0.4, -0.2) is 12.6 Å². The molecule has 0 fully saturated rings. The largest absolute Gasteiger partial charge is 0.492 e. The average Bonchev–Trinajstić information content (AvgIpc) is 2.54. The molecule has 0 unspecified atom stereocenters. The molecule has 0 aliphatic heterocycles. The van der Waals surface area contributed by atoms with Gasteiger partial charge in [0.2, 0.25) is 0 Å². The number of carbonyl (C=O) groups excluding carboxylic acids is 1. The van der Waals surface area contributed by atoms with Crippen molar-refractivity contribution >= 4 is 21.9 Å². The number of carbonyl (C=O) groups is 1. The first-order valence-corrected chi connectivity index (χ1v) is 8.49. The van der Waals surface area contributed by atoms with Gasteiger partial charge in [0, 0.05) is 0 Å². The van der Waals surface area contributed by atoms with Gasteiger partial charge >= 0.3 is 5.97 Å². The van der Waals surface area contributed by atoms with Crippen molar-refractivity contribution in [2.75, 3.05) is 6.61 Å². The maximum Gasteiger partial charge on any atom is 0.338 e. The van der Waals surface area contributed by atoms with Gasteiger partial charge in [0.15, 0.2) is 0 Å². The quantitative estimate of drug-likeness (QED) is 0.620. The lowest BCUT2D eigenvalue weighted by Gasteiger charge is -2.11. The van der Waals surface area contributed by atoms with Crippen molar-refractivity contribution in [3.05, 3.63) is 64.1 Å². The van der Waals surface area contributed by atoms with Crippen LogP contribution in [0.15, 0.2) is 53.0 Å². The first kappa shape index (κ1) is 17.5. The van der Waals surface area contributed by atoms with Gasteiger partial charge in [0.25, 0.3) is 0 Å². The van der Waals surface area contributed by atoms with Crippen LogP contribution in [0.1, 0.15) is 36.2 Å². The molecule has 0 atom stereocenters. The van der Waals surface area contributed by atoms with Gasteiger partial charge in [-0.3, -0.25) is 0 Å². The zero-order valence-corrected chi connectivity index (χ0v) is 15.0. The summed E-state index contributed by atoms with van der Waals surface area (Å²) in [7, 11) is 0. The van der Waals surface area contributed by atoms with E-state index in [1.54, 1.807) is 18.2 Å². The van der Waals surface area contributed by atoms with E-state index in [4.69, 9.17) is 9.47 Å². The highest BCUT2D eigenvalue weighted by atomic mass is 79.9. The van der Waals surface area contributed by atoms with Crippen molar-refractivity contribution in [3.63, 3.8) is 0 Å². The molecule has 0 aliphatic rings. The van der Waals surface area contributed by atoms with Gasteiger partial charge in [-0.15, -0.1) is 0 Å². The zero-order valence-electron chi connectivity index (χ0n) is 13.4. The molecule has 0 saturated carbocycles. The number of halogens is 1. The van der Waals surface area contributed by atoms with Crippen molar-refractivity contribution < 1.29 is 14.3 Å². The number of ether oxygens (including phenoxy) is 2. The smallest absolute Gasteiger partial charge is 0.338 e. The highest BCUT2D eigenvalue weighted by Gasteiger charge is 2.11. The van der Waals surface area contributed by atoms with E-state index in [0.717, 1.165) is 22.2 Å². The Bertz CT molecular complexity index is 638. The summed E-state index contributed by atoms with van der Waals surface area (Å²) >= 11 is 3.45. The molecule has 0 heterocycles. The van der Waals surface area contributed by atoms with Gasteiger partial charge < -0.3 is 9.47 Å². The second-order valence-electron chi connectivity index (χ2n) is 5.74. The van der Waals surface area contributed by atoms with Crippen LogP contribution in [0.5, 0.6) is 5.75 Å². The van der Waals surface area contributed by atoms with E-state index in [-0.39, 0.29) is 12.6 Å². The van der Waals surface area contributed by atoms with E-state index in [0.29, 0.717) is 18.1 Å². The van der Waals surface area contributed by atoms with Crippen molar-refractivity contribution in [1.29, 1.82) is 0 Å². The molecular formula is C19H21BrO3. The Morgan fingerprint density at radius 2 is 1.87 bits per heavy atom. The van der Waals surface area contributed by atoms with Gasteiger partial charge in [0.05, 0.1) is 16.6 Å². The number of hydrogen-bond acceptors (Lipinski definition) is 3. The topological polar surface area (TPSA) is 35.5 Å². The van der Waals surface area contributed by atoms with Gasteiger partial charge in [-0.05, 0) is 52.0 Å². The molecule has 23 heavy (non-hydrogen) atoms. The minimum atomic E-state index is -0.344. The van der Waals surface area contributed by atoms with E-state index in [2.05, 4.69) is 29.8 Å². The fourth-order valence-corrected chi connectivity index (χ4v) is 2.45. The summed E-state index contributed by atoms with van der Waals surface area (Å²) in [5.41, 5.74) is 1.47. The molecule has 0 aliphatic carbocycles. The minimum Gasteiger partial charge on any atom is -0.492 e. The van der Waals surface area contributed by atoms with Crippen LogP contribution >= 0.6 is 15.9 Å². The fraction of sp³-hybridized carbons (Fsp3) is 0.316. The first-order valence-electron chi connectivity index (χ1n) is 7.69. The molecule has 0 radical (unpaired) electrons. The molecule has 0 amide bonds. The Labute approximate surface area is 145 Å². The summed E-state index contributed by atoms with van der Waals surface area (Å²) in [6.45, 7) is 5.24. The molecule has 0 bridgehead atoms. The molecule has 2 aromatic rings. The standard InChI is InChI=1S/C19H21BrO3/c1-14(2)10-11-22-18-9-8-16(12-17(18)20)19(21)23-13-15-6-4-3-5-7-15/h3-9,12,14H,10-11,13H2,1-2H3. The lowest BCUT2D eigenvalue weighted by atomic mass is 10.1. The number of benzene rings is 2. The van der Waals surface area contributed by atoms with E-state index >= 15 is 0 Å². The Balaban J connectivity index is 1.92. The second-order valence-corrected chi connectivity index (χ2v) is 6.59. The highest BCUT2D eigenvalue weighted by molar-refractivity contribution is 9.10. The summed E-state index contributed by atoms with van der Waals surface area (Å²) < 4.78 is 11.8. The van der Waals surface area contributed by atoms with E-state index in [1.165, 1.54) is 0 Å². The third kappa shape index (κ3) is 5.71. The van der Waals surface area contributed by atoms with Crippen molar-refractivity contribution in [2.45, 2.75) is 26.9 Å². The van der Waals surface area contributed by atoms with E-state index in [1.807, 2.05) is 30.3 Å². The molecule has 4 heteroatoms. The van der Waals surface area contributed by atoms with Crippen LogP contribution in [-0.2, 0) is 11.3 Å². The summed E-state index contributed by atoms with van der Waals surface area (Å²) in [4.78, 5) is 12.1. The molecule has 0 saturated heterocycles. The Morgan fingerprint density at radius 1 is 1.13 bits per heavy atom. The Morgan fingerprint density at radius 3 is 2.52 bits per heavy atom. The van der Waals surface area contributed by atoms with Gasteiger partial charge in [-0.1, -0.05) is 44.2 Å². The highest BCUT2D eigenvalue weighted by Crippen LogP contribution is 2.26. The van der Waals surface area contributed by atoms with Gasteiger partial charge in [-0.25, -0.2) is 4.79 Å². The molecular weight excluding hydrogens is 356 g/mol. The average molecular weight is 377 g/mol. The minimum absolute atomic E-state index is 0.268. The van der Waals surface area contributed by atoms with Crippen molar-refractivity contribution in [1.82, 2.24) is 0 Å². The Kier molecular flexibility index (Phi) is 6.66. The lowest BCUT2D eigenvalue weighted by Crippen LogP contribution is -2.06. The predicted molar refractivity (Wildman–Crippen MR) is 94.7 cm³/mol. The molecule has 0 N–H and O–H groups in total. The first-order chi connectivity index (χ1) is 11.1. The van der Waals surface area contributed by atoms with E-state index < -0.39 is 0 Å². The maximum absolute atomic E-state index is 12.1. The monoisotopic (exact) mass is 376 g/mol. The molecule has 0 aromatic heterocycles. The van der Waals surface area contributed by atoms with Crippen LogP contribution in [0.4, 0.5) is 0 Å². The SMILES string of the molecule is CC(C)CCOc1ccc(C(=O)OCc2ccccc2)cc1Br. The second kappa shape index (κ2) is 8.73. The van der Waals surface area contributed by atoms with Crippen molar-refractivity contribution in [3.8, 4) is 5.75 Å². The van der Waals surface area contributed by atoms with Crippen LogP contribution < -0.4 is 4.74 Å². The summed E-state index contributed by atoms with van der Waals surface area (Å²) in [5.74, 6) is 0.995. The number of hydrogen-bond donors (Lipinski definition) is 0.